The van der Waals surface area contributed by atoms with Crippen LogP contribution in [0.15, 0.2) is 51.4 Å². The summed E-state index contributed by atoms with van der Waals surface area (Å²) in [6, 6.07) is 12.4. The minimum Gasteiger partial charge on any atom is -0.483 e. The highest BCUT2D eigenvalue weighted by atomic mass is 79.9. The Labute approximate surface area is 138 Å². The first-order chi connectivity index (χ1) is 9.54. The van der Waals surface area contributed by atoms with E-state index in [1.165, 1.54) is 0 Å². The van der Waals surface area contributed by atoms with Crippen molar-refractivity contribution in [3.05, 3.63) is 56.4 Å². The van der Waals surface area contributed by atoms with Crippen molar-refractivity contribution >= 4 is 55.1 Å². The van der Waals surface area contributed by atoms with Gasteiger partial charge in [-0.05, 0) is 58.4 Å². The number of benzene rings is 2. The van der Waals surface area contributed by atoms with Crippen molar-refractivity contribution in [1.29, 1.82) is 0 Å². The van der Waals surface area contributed by atoms with Gasteiger partial charge in [0.05, 0.1) is 4.47 Å². The van der Waals surface area contributed by atoms with Crippen LogP contribution in [-0.4, -0.2) is 12.5 Å². The minimum absolute atomic E-state index is 0.0731. The summed E-state index contributed by atoms with van der Waals surface area (Å²) in [6.07, 6.45) is 0. The summed E-state index contributed by atoms with van der Waals surface area (Å²) in [4.78, 5) is 11.8. The molecule has 104 valence electrons. The van der Waals surface area contributed by atoms with E-state index in [1.807, 2.05) is 12.1 Å². The van der Waals surface area contributed by atoms with Crippen LogP contribution in [0.25, 0.3) is 0 Å². The first-order valence-corrected chi connectivity index (χ1v) is 7.64. The second-order valence-electron chi connectivity index (χ2n) is 3.92. The highest BCUT2D eigenvalue weighted by Crippen LogP contribution is 2.27. The zero-order valence-corrected chi connectivity index (χ0v) is 14.1. The van der Waals surface area contributed by atoms with Crippen molar-refractivity contribution < 1.29 is 9.53 Å². The maximum Gasteiger partial charge on any atom is 0.262 e. The predicted molar refractivity (Wildman–Crippen MR) is 87.4 cm³/mol. The van der Waals surface area contributed by atoms with Crippen molar-refractivity contribution in [3.63, 3.8) is 0 Å². The molecular weight excluding hydrogens is 409 g/mol. The normalized spacial score (nSPS) is 10.2. The molecule has 6 heteroatoms. The Balaban J connectivity index is 1.90. The molecule has 0 aliphatic rings. The topological polar surface area (TPSA) is 38.3 Å². The van der Waals surface area contributed by atoms with Crippen molar-refractivity contribution in [2.24, 2.45) is 0 Å². The quantitative estimate of drug-likeness (QED) is 0.767. The van der Waals surface area contributed by atoms with Crippen molar-refractivity contribution in [2.75, 3.05) is 11.9 Å². The van der Waals surface area contributed by atoms with E-state index in [0.29, 0.717) is 15.2 Å². The van der Waals surface area contributed by atoms with Gasteiger partial charge in [-0.3, -0.25) is 4.79 Å². The number of hydrogen-bond acceptors (Lipinski definition) is 2. The Bertz CT molecular complexity index is 617. The van der Waals surface area contributed by atoms with E-state index in [1.54, 1.807) is 30.3 Å². The number of anilines is 1. The van der Waals surface area contributed by atoms with Crippen LogP contribution in [0.2, 0.25) is 5.02 Å². The molecule has 3 nitrogen and oxygen atoms in total. The van der Waals surface area contributed by atoms with Gasteiger partial charge in [0, 0.05) is 15.2 Å². The summed E-state index contributed by atoms with van der Waals surface area (Å²) >= 11 is 12.5. The molecule has 0 spiro atoms. The Morgan fingerprint density at radius 1 is 1.15 bits per heavy atom. The number of nitrogens with one attached hydrogen (secondary N) is 1. The second-order valence-corrected chi connectivity index (χ2v) is 6.12. The van der Waals surface area contributed by atoms with Gasteiger partial charge in [-0.15, -0.1) is 0 Å². The number of carbonyl (C=O) groups is 1. The Kier molecular flexibility index (Phi) is 5.46. The average molecular weight is 420 g/mol. The minimum atomic E-state index is -0.228. The van der Waals surface area contributed by atoms with E-state index in [9.17, 15) is 4.79 Å². The molecule has 0 unspecified atom stereocenters. The molecule has 0 saturated carbocycles. The van der Waals surface area contributed by atoms with Crippen LogP contribution in [0.3, 0.4) is 0 Å². The molecule has 0 aliphatic heterocycles. The highest BCUT2D eigenvalue weighted by molar-refractivity contribution is 9.10. The zero-order chi connectivity index (χ0) is 14.5. The van der Waals surface area contributed by atoms with Gasteiger partial charge in [-0.2, -0.15) is 0 Å². The molecule has 0 bridgehead atoms. The molecule has 0 atom stereocenters. The van der Waals surface area contributed by atoms with Gasteiger partial charge in [0.15, 0.2) is 6.61 Å². The fourth-order valence-corrected chi connectivity index (χ4v) is 2.53. The fourth-order valence-electron chi connectivity index (χ4n) is 1.47. The molecule has 20 heavy (non-hydrogen) atoms. The predicted octanol–water partition coefficient (Wildman–Crippen LogP) is 4.88. The van der Waals surface area contributed by atoms with Crippen LogP contribution in [0.1, 0.15) is 0 Å². The average Bonchev–Trinajstić information content (AvgIpc) is 2.40. The van der Waals surface area contributed by atoms with Gasteiger partial charge in [0.2, 0.25) is 0 Å². The van der Waals surface area contributed by atoms with E-state index >= 15 is 0 Å². The van der Waals surface area contributed by atoms with Crippen LogP contribution >= 0.6 is 43.5 Å². The lowest BCUT2D eigenvalue weighted by Crippen LogP contribution is -2.20. The molecular formula is C14H10Br2ClNO2. The highest BCUT2D eigenvalue weighted by Gasteiger charge is 2.06. The van der Waals surface area contributed by atoms with Crippen molar-refractivity contribution in [1.82, 2.24) is 0 Å². The Hall–Kier alpha value is -1.04. The third-order valence-corrected chi connectivity index (χ3v) is 3.76. The number of halogens is 3. The molecule has 0 aromatic heterocycles. The molecule has 0 aliphatic carbocycles. The largest absolute Gasteiger partial charge is 0.483 e. The third-order valence-electron chi connectivity index (χ3n) is 2.38. The van der Waals surface area contributed by atoms with Gasteiger partial charge in [-0.1, -0.05) is 27.5 Å². The first kappa shape index (κ1) is 15.4. The molecule has 1 amide bonds. The van der Waals surface area contributed by atoms with Crippen LogP contribution in [0.5, 0.6) is 5.75 Å². The van der Waals surface area contributed by atoms with E-state index in [4.69, 9.17) is 16.3 Å². The Morgan fingerprint density at radius 2 is 1.85 bits per heavy atom. The number of carbonyl (C=O) groups excluding carboxylic acids is 1. The van der Waals surface area contributed by atoms with Gasteiger partial charge >= 0.3 is 0 Å². The van der Waals surface area contributed by atoms with Crippen LogP contribution in [-0.2, 0) is 4.79 Å². The van der Waals surface area contributed by atoms with E-state index in [-0.39, 0.29) is 12.5 Å². The van der Waals surface area contributed by atoms with E-state index in [2.05, 4.69) is 37.2 Å². The van der Waals surface area contributed by atoms with Crippen molar-refractivity contribution in [2.45, 2.75) is 0 Å². The molecule has 2 aromatic rings. The molecule has 0 saturated heterocycles. The van der Waals surface area contributed by atoms with E-state index in [0.717, 1.165) is 10.2 Å². The van der Waals surface area contributed by atoms with Gasteiger partial charge < -0.3 is 10.1 Å². The number of amides is 1. The summed E-state index contributed by atoms with van der Waals surface area (Å²) in [5, 5.41) is 3.34. The van der Waals surface area contributed by atoms with Gasteiger partial charge in [0.1, 0.15) is 5.75 Å². The van der Waals surface area contributed by atoms with Crippen LogP contribution in [0, 0.1) is 0 Å². The zero-order valence-electron chi connectivity index (χ0n) is 10.2. The Morgan fingerprint density at radius 3 is 2.50 bits per heavy atom. The summed E-state index contributed by atoms with van der Waals surface area (Å²) < 4.78 is 7.09. The SMILES string of the molecule is O=C(COc1ccc(Cl)cc1Br)Nc1ccc(Br)cc1. The molecule has 2 rings (SSSR count). The first-order valence-electron chi connectivity index (χ1n) is 5.68. The molecule has 1 N–H and O–H groups in total. The summed E-state index contributed by atoms with van der Waals surface area (Å²) in [6.45, 7) is -0.0731. The molecule has 2 aromatic carbocycles. The molecule has 0 heterocycles. The van der Waals surface area contributed by atoms with E-state index < -0.39 is 0 Å². The number of ether oxygens (including phenoxy) is 1. The monoisotopic (exact) mass is 417 g/mol. The lowest BCUT2D eigenvalue weighted by atomic mass is 10.3. The van der Waals surface area contributed by atoms with Gasteiger partial charge in [0.25, 0.3) is 5.91 Å². The smallest absolute Gasteiger partial charge is 0.262 e. The summed E-state index contributed by atoms with van der Waals surface area (Å²) in [5.74, 6) is 0.342. The maximum atomic E-state index is 11.8. The lowest BCUT2D eigenvalue weighted by Gasteiger charge is -2.09. The third kappa shape index (κ3) is 4.51. The number of rotatable bonds is 4. The number of hydrogen-bond donors (Lipinski definition) is 1. The molecule has 0 radical (unpaired) electrons. The second kappa shape index (κ2) is 7.11. The standard InChI is InChI=1S/C14H10Br2ClNO2/c15-9-1-4-11(5-2-9)18-14(19)8-20-13-6-3-10(17)7-12(13)16/h1-7H,8H2,(H,18,19). The van der Waals surface area contributed by atoms with Crippen molar-refractivity contribution in [3.8, 4) is 5.75 Å². The maximum absolute atomic E-state index is 11.8. The summed E-state index contributed by atoms with van der Waals surface area (Å²) in [5.41, 5.74) is 0.719. The molecule has 0 fully saturated rings. The lowest BCUT2D eigenvalue weighted by molar-refractivity contribution is -0.118. The van der Waals surface area contributed by atoms with Crippen LogP contribution in [0.4, 0.5) is 5.69 Å². The van der Waals surface area contributed by atoms with Gasteiger partial charge in [-0.25, -0.2) is 0 Å². The summed E-state index contributed by atoms with van der Waals surface area (Å²) in [7, 11) is 0. The fraction of sp³-hybridized carbons (Fsp3) is 0.0714. The van der Waals surface area contributed by atoms with Crippen LogP contribution < -0.4 is 10.1 Å².